The minimum absolute atomic E-state index is 0.0517. The molecule has 0 saturated carbocycles. The number of nitrogens with zero attached hydrogens (tertiary/aromatic N) is 1. The maximum Gasteiger partial charge on any atom is 0.251 e. The molecule has 1 fully saturated rings. The summed E-state index contributed by atoms with van der Waals surface area (Å²) in [6.45, 7) is 3.98. The standard InChI is InChI=1S/C23H31N3O2/c1-24-23(27)20-8-6-18(7-9-20)16-25-17-22(26-14-4-3-5-15-26)19-10-12-21(28-2)13-11-19/h6-13,22,25H,3-5,14-17H2,1-2H3,(H,24,27). The quantitative estimate of drug-likeness (QED) is 0.736. The molecule has 1 saturated heterocycles. The monoisotopic (exact) mass is 381 g/mol. The van der Waals surface area contributed by atoms with Gasteiger partial charge in [-0.15, -0.1) is 0 Å². The molecule has 28 heavy (non-hydrogen) atoms. The van der Waals surface area contributed by atoms with Crippen molar-refractivity contribution < 1.29 is 9.53 Å². The van der Waals surface area contributed by atoms with Gasteiger partial charge in [-0.1, -0.05) is 30.7 Å². The number of carbonyl (C=O) groups is 1. The van der Waals surface area contributed by atoms with Crippen molar-refractivity contribution in [1.29, 1.82) is 0 Å². The van der Waals surface area contributed by atoms with E-state index >= 15 is 0 Å². The summed E-state index contributed by atoms with van der Waals surface area (Å²) in [5.41, 5.74) is 3.20. The van der Waals surface area contributed by atoms with Gasteiger partial charge in [0.1, 0.15) is 5.75 Å². The van der Waals surface area contributed by atoms with Crippen LogP contribution in [0.25, 0.3) is 0 Å². The third-order valence-corrected chi connectivity index (χ3v) is 5.44. The molecule has 1 amide bonds. The van der Waals surface area contributed by atoms with Crippen LogP contribution in [0.1, 0.15) is 46.8 Å². The van der Waals surface area contributed by atoms with E-state index in [1.807, 2.05) is 36.4 Å². The van der Waals surface area contributed by atoms with Crippen molar-refractivity contribution in [2.45, 2.75) is 31.8 Å². The smallest absolute Gasteiger partial charge is 0.251 e. The number of likely N-dealkylation sites (tertiary alicyclic amines) is 1. The molecular weight excluding hydrogens is 350 g/mol. The first-order chi connectivity index (χ1) is 13.7. The minimum atomic E-state index is -0.0517. The molecule has 1 aliphatic rings. The molecule has 5 nitrogen and oxygen atoms in total. The summed E-state index contributed by atoms with van der Waals surface area (Å²) in [6, 6.07) is 16.6. The Morgan fingerprint density at radius 3 is 2.32 bits per heavy atom. The van der Waals surface area contributed by atoms with E-state index in [9.17, 15) is 4.79 Å². The highest BCUT2D eigenvalue weighted by Gasteiger charge is 2.22. The van der Waals surface area contributed by atoms with Crippen LogP contribution >= 0.6 is 0 Å². The molecule has 0 bridgehead atoms. The average Bonchev–Trinajstić information content (AvgIpc) is 2.77. The van der Waals surface area contributed by atoms with Crippen molar-refractivity contribution in [2.75, 3.05) is 33.8 Å². The molecule has 1 heterocycles. The number of methoxy groups -OCH3 is 1. The number of amides is 1. The zero-order chi connectivity index (χ0) is 19.8. The predicted octanol–water partition coefficient (Wildman–Crippen LogP) is 3.37. The van der Waals surface area contributed by atoms with Gasteiger partial charge in [-0.25, -0.2) is 0 Å². The third kappa shape index (κ3) is 5.33. The van der Waals surface area contributed by atoms with Crippen LogP contribution in [0.5, 0.6) is 5.75 Å². The lowest BCUT2D eigenvalue weighted by atomic mass is 10.0. The lowest BCUT2D eigenvalue weighted by Gasteiger charge is -2.35. The van der Waals surface area contributed by atoms with Crippen LogP contribution < -0.4 is 15.4 Å². The van der Waals surface area contributed by atoms with Crippen molar-refractivity contribution in [1.82, 2.24) is 15.5 Å². The number of benzene rings is 2. The molecule has 1 unspecified atom stereocenters. The van der Waals surface area contributed by atoms with E-state index in [2.05, 4.69) is 27.7 Å². The van der Waals surface area contributed by atoms with Crippen molar-refractivity contribution >= 4 is 5.91 Å². The molecule has 0 radical (unpaired) electrons. The van der Waals surface area contributed by atoms with E-state index in [4.69, 9.17) is 4.74 Å². The van der Waals surface area contributed by atoms with Gasteiger partial charge in [-0.05, 0) is 61.3 Å². The van der Waals surface area contributed by atoms with Crippen molar-refractivity contribution in [3.8, 4) is 5.75 Å². The molecule has 3 rings (SSSR count). The number of ether oxygens (including phenoxy) is 1. The second kappa shape index (κ2) is 10.2. The van der Waals surface area contributed by atoms with Gasteiger partial charge in [0.05, 0.1) is 7.11 Å². The molecular formula is C23H31N3O2. The summed E-state index contributed by atoms with van der Waals surface area (Å²) >= 11 is 0. The van der Waals surface area contributed by atoms with Crippen LogP contribution in [0.4, 0.5) is 0 Å². The normalized spacial score (nSPS) is 15.8. The van der Waals surface area contributed by atoms with Crippen LogP contribution in [0, 0.1) is 0 Å². The molecule has 0 aliphatic carbocycles. The van der Waals surface area contributed by atoms with Gasteiger partial charge in [0.15, 0.2) is 0 Å². The SMILES string of the molecule is CNC(=O)c1ccc(CNCC(c2ccc(OC)cc2)N2CCCCC2)cc1. The van der Waals surface area contributed by atoms with Crippen LogP contribution in [-0.4, -0.2) is 44.6 Å². The van der Waals surface area contributed by atoms with Gasteiger partial charge >= 0.3 is 0 Å². The van der Waals surface area contributed by atoms with E-state index < -0.39 is 0 Å². The molecule has 5 heteroatoms. The summed E-state index contributed by atoms with van der Waals surface area (Å²) in [5, 5.41) is 6.27. The van der Waals surface area contributed by atoms with Crippen molar-refractivity contribution in [3.63, 3.8) is 0 Å². The van der Waals surface area contributed by atoms with E-state index in [0.717, 1.165) is 31.9 Å². The number of hydrogen-bond donors (Lipinski definition) is 2. The number of hydrogen-bond acceptors (Lipinski definition) is 4. The van der Waals surface area contributed by atoms with Crippen molar-refractivity contribution in [3.05, 3.63) is 65.2 Å². The van der Waals surface area contributed by atoms with Gasteiger partial charge in [0, 0.05) is 31.7 Å². The fraction of sp³-hybridized carbons (Fsp3) is 0.435. The summed E-state index contributed by atoms with van der Waals surface area (Å²) in [4.78, 5) is 14.3. The van der Waals surface area contributed by atoms with Gasteiger partial charge in [0.25, 0.3) is 5.91 Å². The molecule has 1 aliphatic heterocycles. The van der Waals surface area contributed by atoms with Crippen molar-refractivity contribution in [2.24, 2.45) is 0 Å². The van der Waals surface area contributed by atoms with Crippen LogP contribution in [-0.2, 0) is 6.54 Å². The molecule has 2 aromatic carbocycles. The Morgan fingerprint density at radius 1 is 1.04 bits per heavy atom. The highest BCUT2D eigenvalue weighted by molar-refractivity contribution is 5.93. The number of carbonyl (C=O) groups excluding carboxylic acids is 1. The number of piperidine rings is 1. The lowest BCUT2D eigenvalue weighted by molar-refractivity contribution is 0.0963. The Morgan fingerprint density at radius 2 is 1.71 bits per heavy atom. The maximum absolute atomic E-state index is 11.7. The van der Waals surface area contributed by atoms with Crippen LogP contribution in [0.15, 0.2) is 48.5 Å². The number of nitrogens with one attached hydrogen (secondary N) is 2. The lowest BCUT2D eigenvalue weighted by Crippen LogP contribution is -2.39. The van der Waals surface area contributed by atoms with Gasteiger partial charge in [-0.3, -0.25) is 9.69 Å². The van der Waals surface area contributed by atoms with Gasteiger partial charge < -0.3 is 15.4 Å². The molecule has 150 valence electrons. The van der Waals surface area contributed by atoms with Gasteiger partial charge in [-0.2, -0.15) is 0 Å². The Kier molecular flexibility index (Phi) is 7.46. The highest BCUT2D eigenvalue weighted by atomic mass is 16.5. The molecule has 1 atom stereocenters. The van der Waals surface area contributed by atoms with E-state index in [1.54, 1.807) is 14.2 Å². The first-order valence-corrected chi connectivity index (χ1v) is 10.1. The minimum Gasteiger partial charge on any atom is -0.497 e. The van der Waals surface area contributed by atoms with Crippen LogP contribution in [0.3, 0.4) is 0 Å². The van der Waals surface area contributed by atoms with Gasteiger partial charge in [0.2, 0.25) is 0 Å². The second-order valence-electron chi connectivity index (χ2n) is 7.29. The molecule has 2 aromatic rings. The fourth-order valence-electron chi connectivity index (χ4n) is 3.79. The Hall–Kier alpha value is -2.37. The summed E-state index contributed by atoms with van der Waals surface area (Å²) < 4.78 is 5.31. The summed E-state index contributed by atoms with van der Waals surface area (Å²) in [6.07, 6.45) is 3.87. The predicted molar refractivity (Wildman–Crippen MR) is 113 cm³/mol. The Bertz CT molecular complexity index is 737. The largest absolute Gasteiger partial charge is 0.497 e. The second-order valence-corrected chi connectivity index (χ2v) is 7.29. The first-order valence-electron chi connectivity index (χ1n) is 10.1. The topological polar surface area (TPSA) is 53.6 Å². The number of rotatable bonds is 8. The Balaban J connectivity index is 1.63. The summed E-state index contributed by atoms with van der Waals surface area (Å²) in [5.74, 6) is 0.842. The molecule has 0 spiro atoms. The summed E-state index contributed by atoms with van der Waals surface area (Å²) in [7, 11) is 3.35. The van der Waals surface area contributed by atoms with Crippen LogP contribution in [0.2, 0.25) is 0 Å². The van der Waals surface area contributed by atoms with E-state index in [1.165, 1.54) is 30.4 Å². The zero-order valence-electron chi connectivity index (χ0n) is 16.9. The maximum atomic E-state index is 11.7. The molecule has 2 N–H and O–H groups in total. The average molecular weight is 382 g/mol. The van der Waals surface area contributed by atoms with E-state index in [0.29, 0.717) is 11.6 Å². The van der Waals surface area contributed by atoms with E-state index in [-0.39, 0.29) is 5.91 Å². The zero-order valence-corrected chi connectivity index (χ0v) is 16.9. The fourth-order valence-corrected chi connectivity index (χ4v) is 3.79. The molecule has 0 aromatic heterocycles. The first kappa shape index (κ1) is 20.4. The highest BCUT2D eigenvalue weighted by Crippen LogP contribution is 2.26. The third-order valence-electron chi connectivity index (χ3n) is 5.44. The Labute approximate surface area is 168 Å².